The van der Waals surface area contributed by atoms with Crippen molar-refractivity contribution in [2.75, 3.05) is 11.1 Å². The topological polar surface area (TPSA) is 42.0 Å². The van der Waals surface area contributed by atoms with Gasteiger partial charge in [0.1, 0.15) is 0 Å². The molecule has 3 aromatic rings. The largest absolute Gasteiger partial charge is 0.301 e. The molecule has 0 atom stereocenters. The van der Waals surface area contributed by atoms with Gasteiger partial charge in [-0.15, -0.1) is 11.8 Å². The highest BCUT2D eigenvalue weighted by Gasteiger charge is 2.10. The summed E-state index contributed by atoms with van der Waals surface area (Å²) >= 11 is 3.05. The molecule has 118 valence electrons. The number of anilines is 1. The maximum Gasteiger partial charge on any atom is 0.236 e. The van der Waals surface area contributed by atoms with Gasteiger partial charge in [0.2, 0.25) is 5.91 Å². The average molecular weight is 342 g/mol. The van der Waals surface area contributed by atoms with E-state index in [4.69, 9.17) is 0 Å². The zero-order valence-corrected chi connectivity index (χ0v) is 15.0. The molecule has 0 aliphatic heterocycles. The summed E-state index contributed by atoms with van der Waals surface area (Å²) in [5.41, 5.74) is 4.60. The number of nitrogens with one attached hydrogen (secondary N) is 1. The van der Waals surface area contributed by atoms with Gasteiger partial charge in [-0.3, -0.25) is 4.79 Å². The van der Waals surface area contributed by atoms with Gasteiger partial charge in [-0.05, 0) is 50.1 Å². The summed E-state index contributed by atoms with van der Waals surface area (Å²) in [6, 6.07) is 12.3. The lowest BCUT2D eigenvalue weighted by atomic mass is 10.1. The monoisotopic (exact) mass is 342 g/mol. The van der Waals surface area contributed by atoms with Crippen molar-refractivity contribution in [1.82, 2.24) is 4.98 Å². The first-order chi connectivity index (χ1) is 11.0. The van der Waals surface area contributed by atoms with Gasteiger partial charge in [0, 0.05) is 4.90 Å². The summed E-state index contributed by atoms with van der Waals surface area (Å²) < 4.78 is 1.11. The van der Waals surface area contributed by atoms with Gasteiger partial charge >= 0.3 is 0 Å². The zero-order valence-electron chi connectivity index (χ0n) is 13.3. The summed E-state index contributed by atoms with van der Waals surface area (Å²) in [7, 11) is 0. The highest BCUT2D eigenvalue weighted by molar-refractivity contribution is 8.00. The summed E-state index contributed by atoms with van der Waals surface area (Å²) in [6.45, 7) is 6.19. The number of fused-ring (bicyclic) bond motifs is 1. The van der Waals surface area contributed by atoms with Gasteiger partial charge in [-0.2, -0.15) is 0 Å². The second-order valence-corrected chi connectivity index (χ2v) is 7.60. The normalized spacial score (nSPS) is 10.9. The summed E-state index contributed by atoms with van der Waals surface area (Å²) in [5.74, 6) is 0.362. The van der Waals surface area contributed by atoms with Crippen LogP contribution < -0.4 is 5.32 Å². The molecule has 0 bridgehead atoms. The Hall–Kier alpha value is -1.85. The van der Waals surface area contributed by atoms with Crippen molar-refractivity contribution in [3.05, 3.63) is 53.1 Å². The third-order valence-corrected chi connectivity index (χ3v) is 5.67. The molecule has 0 saturated carbocycles. The minimum absolute atomic E-state index is 0.0241. The lowest BCUT2D eigenvalue weighted by molar-refractivity contribution is -0.113. The van der Waals surface area contributed by atoms with E-state index in [2.05, 4.69) is 55.3 Å². The van der Waals surface area contributed by atoms with Crippen LogP contribution in [0.1, 0.15) is 16.7 Å². The van der Waals surface area contributed by atoms with Crippen LogP contribution in [-0.4, -0.2) is 16.6 Å². The van der Waals surface area contributed by atoms with Crippen molar-refractivity contribution in [2.24, 2.45) is 0 Å². The quantitative estimate of drug-likeness (QED) is 0.682. The van der Waals surface area contributed by atoms with Crippen LogP contribution in [0.3, 0.4) is 0 Å². The smallest absolute Gasteiger partial charge is 0.236 e. The summed E-state index contributed by atoms with van der Waals surface area (Å²) in [5, 5.41) is 3.58. The van der Waals surface area contributed by atoms with Crippen molar-refractivity contribution in [3.63, 3.8) is 0 Å². The first kappa shape index (κ1) is 16.0. The van der Waals surface area contributed by atoms with Crippen molar-refractivity contribution in [3.8, 4) is 0 Å². The highest BCUT2D eigenvalue weighted by Crippen LogP contribution is 2.29. The van der Waals surface area contributed by atoms with Crippen LogP contribution in [0.2, 0.25) is 0 Å². The number of thiazole rings is 1. The standard InChI is InChI=1S/C18H18N2OS2/c1-11-4-7-14(8-5-11)22-10-16(21)19-18-20-17-13(3)12(2)6-9-15(17)23-18/h4-9H,10H2,1-3H3,(H,19,20,21). The molecule has 0 aliphatic rings. The number of hydrogen-bond donors (Lipinski definition) is 1. The Bertz CT molecular complexity index is 853. The van der Waals surface area contributed by atoms with Gasteiger partial charge in [-0.25, -0.2) is 4.98 Å². The zero-order chi connectivity index (χ0) is 16.4. The number of aryl methyl sites for hydroxylation is 3. The first-order valence-electron chi connectivity index (χ1n) is 7.39. The summed E-state index contributed by atoms with van der Waals surface area (Å²) in [4.78, 5) is 17.8. The fourth-order valence-electron chi connectivity index (χ4n) is 2.22. The fourth-order valence-corrected chi connectivity index (χ4v) is 3.86. The van der Waals surface area contributed by atoms with Crippen molar-refractivity contribution in [1.29, 1.82) is 0 Å². The molecule has 1 amide bonds. The molecule has 1 heterocycles. The SMILES string of the molecule is Cc1ccc(SCC(=O)Nc2nc3c(C)c(C)ccc3s2)cc1. The minimum Gasteiger partial charge on any atom is -0.301 e. The van der Waals surface area contributed by atoms with Crippen LogP contribution in [0.5, 0.6) is 0 Å². The number of rotatable bonds is 4. The van der Waals surface area contributed by atoms with E-state index in [-0.39, 0.29) is 5.91 Å². The minimum atomic E-state index is -0.0241. The van der Waals surface area contributed by atoms with Gasteiger partial charge in [0.25, 0.3) is 0 Å². The Balaban J connectivity index is 1.66. The molecule has 5 heteroatoms. The number of amides is 1. The molecule has 0 aliphatic carbocycles. The lowest BCUT2D eigenvalue weighted by Gasteiger charge is -2.02. The van der Waals surface area contributed by atoms with Gasteiger partial charge in [-0.1, -0.05) is 35.1 Å². The molecule has 0 radical (unpaired) electrons. The van der Waals surface area contributed by atoms with Crippen LogP contribution in [0.4, 0.5) is 5.13 Å². The van der Waals surface area contributed by atoms with Crippen LogP contribution in [-0.2, 0) is 4.79 Å². The maximum absolute atomic E-state index is 12.1. The van der Waals surface area contributed by atoms with Crippen LogP contribution in [0, 0.1) is 20.8 Å². The molecule has 1 N–H and O–H groups in total. The number of carbonyl (C=O) groups is 1. The third kappa shape index (κ3) is 3.74. The lowest BCUT2D eigenvalue weighted by Crippen LogP contribution is -2.13. The summed E-state index contributed by atoms with van der Waals surface area (Å²) in [6.07, 6.45) is 0. The number of thioether (sulfide) groups is 1. The molecule has 0 saturated heterocycles. The van der Waals surface area contributed by atoms with Gasteiger partial charge in [0.05, 0.1) is 16.0 Å². The van der Waals surface area contributed by atoms with E-state index in [1.807, 2.05) is 12.1 Å². The van der Waals surface area contributed by atoms with Crippen LogP contribution in [0.25, 0.3) is 10.2 Å². The fraction of sp³-hybridized carbons (Fsp3) is 0.222. The van der Waals surface area contributed by atoms with E-state index >= 15 is 0 Å². The van der Waals surface area contributed by atoms with Gasteiger partial charge < -0.3 is 5.32 Å². The molecule has 2 aromatic carbocycles. The Labute approximate surface area is 144 Å². The predicted molar refractivity (Wildman–Crippen MR) is 99.6 cm³/mol. The molecule has 0 unspecified atom stereocenters. The third-order valence-electron chi connectivity index (χ3n) is 3.72. The van der Waals surface area contributed by atoms with E-state index < -0.39 is 0 Å². The van der Waals surface area contributed by atoms with E-state index in [0.717, 1.165) is 15.1 Å². The number of benzene rings is 2. The number of nitrogens with zero attached hydrogens (tertiary/aromatic N) is 1. The molecular weight excluding hydrogens is 324 g/mol. The first-order valence-corrected chi connectivity index (χ1v) is 9.19. The highest BCUT2D eigenvalue weighted by atomic mass is 32.2. The molecule has 23 heavy (non-hydrogen) atoms. The van der Waals surface area contributed by atoms with E-state index in [9.17, 15) is 4.79 Å². The predicted octanol–water partition coefficient (Wildman–Crippen LogP) is 4.95. The van der Waals surface area contributed by atoms with E-state index in [1.165, 1.54) is 39.8 Å². The molecule has 3 nitrogen and oxygen atoms in total. The molecule has 3 rings (SSSR count). The Morgan fingerprint density at radius 2 is 1.87 bits per heavy atom. The van der Waals surface area contributed by atoms with E-state index in [0.29, 0.717) is 10.9 Å². The second kappa shape index (κ2) is 6.72. The maximum atomic E-state index is 12.1. The van der Waals surface area contributed by atoms with Crippen LogP contribution >= 0.6 is 23.1 Å². The Morgan fingerprint density at radius 3 is 2.61 bits per heavy atom. The van der Waals surface area contributed by atoms with Crippen molar-refractivity contribution >= 4 is 44.4 Å². The van der Waals surface area contributed by atoms with Crippen LogP contribution in [0.15, 0.2) is 41.3 Å². The molecular formula is C18H18N2OS2. The Kier molecular flexibility index (Phi) is 4.68. The molecule has 0 fully saturated rings. The second-order valence-electron chi connectivity index (χ2n) is 5.52. The van der Waals surface area contributed by atoms with Gasteiger partial charge in [0.15, 0.2) is 5.13 Å². The number of hydrogen-bond acceptors (Lipinski definition) is 4. The number of carbonyl (C=O) groups excluding carboxylic acids is 1. The average Bonchev–Trinajstić information content (AvgIpc) is 2.94. The molecule has 1 aromatic heterocycles. The number of aromatic nitrogens is 1. The molecule has 0 spiro atoms. The van der Waals surface area contributed by atoms with Crippen molar-refractivity contribution < 1.29 is 4.79 Å². The Morgan fingerprint density at radius 1 is 1.13 bits per heavy atom. The van der Waals surface area contributed by atoms with Crippen molar-refractivity contribution in [2.45, 2.75) is 25.7 Å². The van der Waals surface area contributed by atoms with E-state index in [1.54, 1.807) is 0 Å².